The Bertz CT molecular complexity index is 596. The van der Waals surface area contributed by atoms with Crippen LogP contribution < -0.4 is 15.2 Å². The number of rotatable bonds is 4. The molecule has 5 nitrogen and oxygen atoms in total. The minimum Gasteiger partial charge on any atom is -0.493 e. The van der Waals surface area contributed by atoms with Crippen molar-refractivity contribution in [3.8, 4) is 22.6 Å². The van der Waals surface area contributed by atoms with Gasteiger partial charge in [0.15, 0.2) is 11.5 Å². The molecule has 0 saturated carbocycles. The summed E-state index contributed by atoms with van der Waals surface area (Å²) in [6, 6.07) is 3.85. The second kappa shape index (κ2) is 5.44. The standard InChI is InChI=1S/C13H17N3O2S/c1-16-13(14)9(7-15-16)8-5-6-10(17-2)11(18-3)12(8)19-4/h5-7H,14H2,1-4H3. The number of aromatic nitrogens is 2. The molecule has 102 valence electrons. The van der Waals surface area contributed by atoms with Crippen molar-refractivity contribution in [1.29, 1.82) is 0 Å². The van der Waals surface area contributed by atoms with Crippen LogP contribution in [0.5, 0.6) is 11.5 Å². The Morgan fingerprint density at radius 1 is 1.21 bits per heavy atom. The molecule has 6 heteroatoms. The first kappa shape index (κ1) is 13.6. The lowest BCUT2D eigenvalue weighted by molar-refractivity contribution is 0.348. The fourth-order valence-electron chi connectivity index (χ4n) is 1.97. The van der Waals surface area contributed by atoms with Gasteiger partial charge in [0.2, 0.25) is 0 Å². The molecular formula is C13H17N3O2S. The third-order valence-electron chi connectivity index (χ3n) is 2.98. The molecule has 2 aromatic rings. The van der Waals surface area contributed by atoms with Gasteiger partial charge in [-0.05, 0) is 18.4 Å². The van der Waals surface area contributed by atoms with Gasteiger partial charge in [-0.3, -0.25) is 4.68 Å². The number of thioether (sulfide) groups is 1. The highest BCUT2D eigenvalue weighted by atomic mass is 32.2. The van der Waals surface area contributed by atoms with Gasteiger partial charge in [-0.25, -0.2) is 0 Å². The normalized spacial score (nSPS) is 10.5. The summed E-state index contributed by atoms with van der Waals surface area (Å²) in [7, 11) is 5.08. The van der Waals surface area contributed by atoms with Gasteiger partial charge in [0, 0.05) is 18.2 Å². The summed E-state index contributed by atoms with van der Waals surface area (Å²) in [6.07, 6.45) is 3.75. The number of anilines is 1. The maximum atomic E-state index is 6.04. The number of methoxy groups -OCH3 is 2. The van der Waals surface area contributed by atoms with Gasteiger partial charge >= 0.3 is 0 Å². The first-order chi connectivity index (χ1) is 9.13. The van der Waals surface area contributed by atoms with Gasteiger partial charge in [0.25, 0.3) is 0 Å². The topological polar surface area (TPSA) is 62.3 Å². The summed E-state index contributed by atoms with van der Waals surface area (Å²) >= 11 is 1.59. The molecule has 0 aliphatic heterocycles. The number of nitrogens with two attached hydrogens (primary N) is 1. The highest BCUT2D eigenvalue weighted by Crippen LogP contribution is 2.44. The maximum Gasteiger partial charge on any atom is 0.174 e. The zero-order valence-electron chi connectivity index (χ0n) is 11.4. The molecule has 0 fully saturated rings. The fraction of sp³-hybridized carbons (Fsp3) is 0.308. The van der Waals surface area contributed by atoms with E-state index in [0.29, 0.717) is 11.6 Å². The quantitative estimate of drug-likeness (QED) is 0.871. The highest BCUT2D eigenvalue weighted by molar-refractivity contribution is 7.98. The zero-order chi connectivity index (χ0) is 14.0. The van der Waals surface area contributed by atoms with Crippen LogP contribution in [-0.2, 0) is 7.05 Å². The molecule has 19 heavy (non-hydrogen) atoms. The third kappa shape index (κ3) is 2.23. The van der Waals surface area contributed by atoms with Crippen LogP contribution in [0.1, 0.15) is 0 Å². The zero-order valence-corrected chi connectivity index (χ0v) is 12.2. The van der Waals surface area contributed by atoms with Crippen LogP contribution in [0.25, 0.3) is 11.1 Å². The molecule has 0 radical (unpaired) electrons. The number of nitrogen functional groups attached to an aromatic ring is 1. The summed E-state index contributed by atoms with van der Waals surface area (Å²) in [6.45, 7) is 0. The number of aryl methyl sites for hydroxylation is 1. The van der Waals surface area contributed by atoms with Crippen molar-refractivity contribution in [2.24, 2.45) is 7.05 Å². The van der Waals surface area contributed by atoms with Crippen molar-refractivity contribution in [3.63, 3.8) is 0 Å². The first-order valence-electron chi connectivity index (χ1n) is 5.70. The van der Waals surface area contributed by atoms with Crippen LogP contribution in [-0.4, -0.2) is 30.3 Å². The largest absolute Gasteiger partial charge is 0.493 e. The maximum absolute atomic E-state index is 6.04. The molecule has 1 aromatic heterocycles. The van der Waals surface area contributed by atoms with Gasteiger partial charge in [-0.1, -0.05) is 0 Å². The van der Waals surface area contributed by atoms with E-state index in [9.17, 15) is 0 Å². The molecule has 0 saturated heterocycles. The van der Waals surface area contributed by atoms with Crippen LogP contribution in [0.15, 0.2) is 23.2 Å². The van der Waals surface area contributed by atoms with E-state index in [0.717, 1.165) is 21.8 Å². The summed E-state index contributed by atoms with van der Waals surface area (Å²) < 4.78 is 12.4. The molecule has 0 atom stereocenters. The Balaban J connectivity index is 2.67. The fourth-order valence-corrected chi connectivity index (χ4v) is 2.74. The third-order valence-corrected chi connectivity index (χ3v) is 3.79. The molecule has 1 heterocycles. The van der Waals surface area contributed by atoms with Crippen molar-refractivity contribution in [1.82, 2.24) is 9.78 Å². The lowest BCUT2D eigenvalue weighted by atomic mass is 10.1. The molecule has 2 N–H and O–H groups in total. The number of nitrogens with zero attached hydrogens (tertiary/aromatic N) is 2. The first-order valence-corrected chi connectivity index (χ1v) is 6.93. The molecule has 0 aliphatic carbocycles. The van der Waals surface area contributed by atoms with Crippen LogP contribution >= 0.6 is 11.8 Å². The van der Waals surface area contributed by atoms with Crippen molar-refractivity contribution >= 4 is 17.6 Å². The number of benzene rings is 1. The summed E-state index contributed by atoms with van der Waals surface area (Å²) in [5, 5.41) is 4.18. The number of ether oxygens (including phenoxy) is 2. The van der Waals surface area contributed by atoms with Crippen molar-refractivity contribution in [3.05, 3.63) is 18.3 Å². The molecule has 0 bridgehead atoms. The number of hydrogen-bond acceptors (Lipinski definition) is 5. The Kier molecular flexibility index (Phi) is 3.90. The average molecular weight is 279 g/mol. The molecule has 0 amide bonds. The molecule has 0 unspecified atom stereocenters. The van der Waals surface area contributed by atoms with Crippen LogP contribution in [0, 0.1) is 0 Å². The Hall–Kier alpha value is -1.82. The Morgan fingerprint density at radius 3 is 2.42 bits per heavy atom. The highest BCUT2D eigenvalue weighted by Gasteiger charge is 2.18. The van der Waals surface area contributed by atoms with E-state index in [4.69, 9.17) is 15.2 Å². The van der Waals surface area contributed by atoms with E-state index >= 15 is 0 Å². The predicted molar refractivity (Wildman–Crippen MR) is 77.9 cm³/mol. The van der Waals surface area contributed by atoms with E-state index in [-0.39, 0.29) is 0 Å². The Labute approximate surface area is 116 Å². The molecular weight excluding hydrogens is 262 g/mol. The van der Waals surface area contributed by atoms with E-state index in [1.165, 1.54) is 0 Å². The monoisotopic (exact) mass is 279 g/mol. The summed E-state index contributed by atoms with van der Waals surface area (Å²) in [4.78, 5) is 0.988. The van der Waals surface area contributed by atoms with Gasteiger partial charge < -0.3 is 15.2 Å². The Morgan fingerprint density at radius 2 is 1.95 bits per heavy atom. The van der Waals surface area contributed by atoms with Crippen LogP contribution in [0.2, 0.25) is 0 Å². The predicted octanol–water partition coefficient (Wildman–Crippen LogP) is 2.41. The van der Waals surface area contributed by atoms with Gasteiger partial charge in [-0.15, -0.1) is 11.8 Å². The second-order valence-electron chi connectivity index (χ2n) is 3.95. The van der Waals surface area contributed by atoms with Crippen LogP contribution in [0.3, 0.4) is 0 Å². The number of hydrogen-bond donors (Lipinski definition) is 1. The minimum atomic E-state index is 0.627. The minimum absolute atomic E-state index is 0.627. The van der Waals surface area contributed by atoms with E-state index in [2.05, 4.69) is 5.10 Å². The lowest BCUT2D eigenvalue weighted by Gasteiger charge is -2.15. The molecule has 0 aliphatic rings. The van der Waals surface area contributed by atoms with Crippen molar-refractivity contribution in [2.45, 2.75) is 4.90 Å². The van der Waals surface area contributed by atoms with Crippen molar-refractivity contribution < 1.29 is 9.47 Å². The molecule has 0 spiro atoms. The second-order valence-corrected chi connectivity index (χ2v) is 4.77. The average Bonchev–Trinajstić information content (AvgIpc) is 2.77. The van der Waals surface area contributed by atoms with E-state index in [1.807, 2.05) is 25.4 Å². The van der Waals surface area contributed by atoms with Gasteiger partial charge in [0.1, 0.15) is 5.82 Å². The van der Waals surface area contributed by atoms with E-state index in [1.54, 1.807) is 36.9 Å². The smallest absolute Gasteiger partial charge is 0.174 e. The van der Waals surface area contributed by atoms with Gasteiger partial charge in [0.05, 0.1) is 25.3 Å². The van der Waals surface area contributed by atoms with Crippen LogP contribution in [0.4, 0.5) is 5.82 Å². The molecule has 2 rings (SSSR count). The van der Waals surface area contributed by atoms with Gasteiger partial charge in [-0.2, -0.15) is 5.10 Å². The lowest BCUT2D eigenvalue weighted by Crippen LogP contribution is -1.99. The molecule has 1 aromatic carbocycles. The summed E-state index contributed by atoms with van der Waals surface area (Å²) in [5.74, 6) is 2.05. The summed E-state index contributed by atoms with van der Waals surface area (Å²) in [5.41, 5.74) is 7.93. The van der Waals surface area contributed by atoms with Crippen molar-refractivity contribution in [2.75, 3.05) is 26.2 Å². The SMILES string of the molecule is COc1ccc(-c2cnn(C)c2N)c(SC)c1OC. The van der Waals surface area contributed by atoms with E-state index < -0.39 is 0 Å².